The lowest BCUT2D eigenvalue weighted by Crippen LogP contribution is -2.33. The van der Waals surface area contributed by atoms with Crippen LogP contribution in [0.4, 0.5) is 4.79 Å². The number of rotatable bonds is 5. The first-order chi connectivity index (χ1) is 9.40. The van der Waals surface area contributed by atoms with Gasteiger partial charge in [-0.2, -0.15) is 5.26 Å². The highest BCUT2D eigenvalue weighted by Gasteiger charge is 2.29. The largest absolute Gasteiger partial charge is 0.443 e. The van der Waals surface area contributed by atoms with E-state index in [0.29, 0.717) is 16.5 Å². The van der Waals surface area contributed by atoms with Gasteiger partial charge in [0.15, 0.2) is 0 Å². The number of nitriles is 1. The normalized spacial score (nSPS) is 21.1. The van der Waals surface area contributed by atoms with E-state index >= 15 is 0 Å². The van der Waals surface area contributed by atoms with Crippen LogP contribution in [0.3, 0.4) is 0 Å². The Morgan fingerprint density at radius 1 is 1.85 bits per heavy atom. The van der Waals surface area contributed by atoms with E-state index in [1.165, 1.54) is 28.5 Å². The number of alkyl halides is 1. The summed E-state index contributed by atoms with van der Waals surface area (Å²) in [5.74, 6) is 1.38. The first-order valence-corrected chi connectivity index (χ1v) is 9.16. The molecule has 0 aromatic heterocycles. The number of hydrogen-bond acceptors (Lipinski definition) is 7. The molecule has 1 amide bonds. The lowest BCUT2D eigenvalue weighted by atomic mass is 10.2. The number of halogens is 1. The topological polar surface area (TPSA) is 82.4 Å². The molecule has 0 radical (unpaired) electrons. The van der Waals surface area contributed by atoms with Gasteiger partial charge >= 0.3 is 6.09 Å². The molecule has 0 aromatic carbocycles. The van der Waals surface area contributed by atoms with Crippen LogP contribution in [-0.2, 0) is 15.6 Å². The van der Waals surface area contributed by atoms with E-state index < -0.39 is 21.6 Å². The van der Waals surface area contributed by atoms with Gasteiger partial charge in [0.1, 0.15) is 9.78 Å². The van der Waals surface area contributed by atoms with E-state index in [9.17, 15) is 9.00 Å². The number of thioether (sulfide) groups is 1. The molecule has 0 saturated heterocycles. The van der Waals surface area contributed by atoms with Crippen LogP contribution in [0.2, 0.25) is 0 Å². The Kier molecular flexibility index (Phi) is 7.02. The number of nitrogens with zero attached hydrogens (tertiary/aromatic N) is 2. The molecule has 2 atom stereocenters. The summed E-state index contributed by atoms with van der Waals surface area (Å²) < 4.78 is 11.6. The third-order valence-electron chi connectivity index (χ3n) is 2.11. The smallest absolute Gasteiger partial charge is 0.323 e. The second-order valence-corrected chi connectivity index (χ2v) is 8.39. The molecule has 0 bridgehead atoms. The second kappa shape index (κ2) is 8.02. The molecule has 6 nitrogen and oxygen atoms in total. The summed E-state index contributed by atoms with van der Waals surface area (Å²) in [7, 11) is 0.453. The maximum absolute atomic E-state index is 11.7. The molecule has 0 aliphatic carbocycles. The molecule has 10 heteroatoms. The summed E-state index contributed by atoms with van der Waals surface area (Å²) in [6.07, 6.45) is -0.667. The molecule has 0 spiro atoms. The highest BCUT2D eigenvalue weighted by atomic mass is 35.5. The lowest BCUT2D eigenvalue weighted by Gasteiger charge is -2.24. The summed E-state index contributed by atoms with van der Waals surface area (Å²) in [6.45, 7) is 1.63. The molecule has 1 heterocycles. The first kappa shape index (κ1) is 17.5. The van der Waals surface area contributed by atoms with E-state index in [1.807, 2.05) is 6.07 Å². The maximum atomic E-state index is 11.7. The molecule has 1 N–H and O–H groups in total. The number of hydrogen-bond donors (Lipinski definition) is 1. The Hall–Kier alpha value is -0.560. The zero-order valence-electron chi connectivity index (χ0n) is 10.9. The van der Waals surface area contributed by atoms with Crippen molar-refractivity contribution >= 4 is 52.2 Å². The van der Waals surface area contributed by atoms with Gasteiger partial charge in [0.25, 0.3) is 0 Å². The van der Waals surface area contributed by atoms with Gasteiger partial charge in [-0.1, -0.05) is 0 Å². The van der Waals surface area contributed by atoms with Crippen molar-refractivity contribution in [2.45, 2.75) is 11.7 Å². The quantitative estimate of drug-likeness (QED) is 0.459. The van der Waals surface area contributed by atoms with Crippen LogP contribution in [-0.4, -0.2) is 43.8 Å². The Morgan fingerprint density at radius 2 is 2.55 bits per heavy atom. The van der Waals surface area contributed by atoms with E-state index in [1.54, 1.807) is 6.92 Å². The number of nitrogens with one attached hydrogen (secondary N) is 1. The maximum Gasteiger partial charge on any atom is 0.443 e. The highest BCUT2D eigenvalue weighted by Crippen LogP contribution is 2.28. The van der Waals surface area contributed by atoms with Crippen molar-refractivity contribution in [1.82, 2.24) is 9.79 Å². The third kappa shape index (κ3) is 5.44. The van der Waals surface area contributed by atoms with Gasteiger partial charge in [0.2, 0.25) is 0 Å². The molecule has 0 saturated carbocycles. The fraction of sp³-hybridized carbons (Fsp3) is 0.600. The van der Waals surface area contributed by atoms with Crippen molar-refractivity contribution in [3.8, 4) is 6.07 Å². The van der Waals surface area contributed by atoms with E-state index in [2.05, 4.69) is 5.48 Å². The predicted octanol–water partition coefficient (Wildman–Crippen LogP) is 2.02. The summed E-state index contributed by atoms with van der Waals surface area (Å²) in [6, 6.07) is 2.03. The minimum Gasteiger partial charge on any atom is -0.323 e. The molecular formula is C10H14ClN3O3S3. The Balaban J connectivity index is 2.47. The van der Waals surface area contributed by atoms with Crippen LogP contribution in [0.25, 0.3) is 0 Å². The lowest BCUT2D eigenvalue weighted by molar-refractivity contribution is 0.0971. The van der Waals surface area contributed by atoms with Gasteiger partial charge in [-0.3, -0.25) is 8.51 Å². The molecule has 1 rings (SSSR count). The average Bonchev–Trinajstić information content (AvgIpc) is 2.44. The minimum absolute atomic E-state index is 0.0825. The van der Waals surface area contributed by atoms with Crippen molar-refractivity contribution in [3.05, 3.63) is 10.4 Å². The zero-order chi connectivity index (χ0) is 15.2. The molecule has 0 aromatic rings. The Bertz CT molecular complexity index is 468. The van der Waals surface area contributed by atoms with Crippen LogP contribution < -0.4 is 5.48 Å². The van der Waals surface area contributed by atoms with Gasteiger partial charge in [0, 0.05) is 34.8 Å². The fourth-order valence-corrected chi connectivity index (χ4v) is 4.39. The van der Waals surface area contributed by atoms with Gasteiger partial charge < -0.3 is 4.84 Å². The van der Waals surface area contributed by atoms with Gasteiger partial charge in [-0.25, -0.2) is 10.3 Å². The van der Waals surface area contributed by atoms with E-state index in [-0.39, 0.29) is 5.88 Å². The van der Waals surface area contributed by atoms with Gasteiger partial charge in [-0.05, 0) is 18.9 Å². The third-order valence-corrected chi connectivity index (χ3v) is 6.29. The summed E-state index contributed by atoms with van der Waals surface area (Å²) in [4.78, 5) is 16.6. The minimum atomic E-state index is -1.03. The second-order valence-electron chi connectivity index (χ2n) is 3.95. The average molecular weight is 356 g/mol. The van der Waals surface area contributed by atoms with E-state index in [0.717, 1.165) is 11.9 Å². The van der Waals surface area contributed by atoms with Gasteiger partial charge in [0.05, 0.1) is 11.9 Å². The standard InChI is InChI=1S/C10H14ClN3O3S3/c1-10(6-11,7-12)19-14(2)9(15)17-13-8-5-20(16)4-3-18-8/h5,13H,3-4,6H2,1-2H3. The Morgan fingerprint density at radius 3 is 3.10 bits per heavy atom. The fourth-order valence-electron chi connectivity index (χ4n) is 1.07. The van der Waals surface area contributed by atoms with Crippen molar-refractivity contribution in [3.63, 3.8) is 0 Å². The van der Waals surface area contributed by atoms with Crippen molar-refractivity contribution in [2.75, 3.05) is 24.4 Å². The number of hydroxylamine groups is 1. The molecule has 20 heavy (non-hydrogen) atoms. The number of carbonyl (C=O) groups excluding carboxylic acids is 1. The van der Waals surface area contributed by atoms with Gasteiger partial charge in [-0.15, -0.1) is 23.4 Å². The SMILES string of the molecule is CN(SC(C)(C#N)CCl)C(=O)ONC1=CS(=O)CCS1. The first-order valence-electron chi connectivity index (χ1n) is 5.49. The monoisotopic (exact) mass is 355 g/mol. The molecule has 112 valence electrons. The summed E-state index contributed by atoms with van der Waals surface area (Å²) >= 11 is 8.09. The van der Waals surface area contributed by atoms with E-state index in [4.69, 9.17) is 21.7 Å². The number of amides is 1. The Labute approximate surface area is 133 Å². The van der Waals surface area contributed by atoms with Crippen LogP contribution in [0.15, 0.2) is 10.4 Å². The molecule has 0 fully saturated rings. The van der Waals surface area contributed by atoms with Crippen molar-refractivity contribution in [2.24, 2.45) is 0 Å². The van der Waals surface area contributed by atoms with Crippen LogP contribution in [0.1, 0.15) is 6.92 Å². The predicted molar refractivity (Wildman–Crippen MR) is 83.3 cm³/mol. The highest BCUT2D eigenvalue weighted by molar-refractivity contribution is 8.05. The molecule has 1 aliphatic rings. The van der Waals surface area contributed by atoms with Crippen molar-refractivity contribution in [1.29, 1.82) is 5.26 Å². The van der Waals surface area contributed by atoms with Crippen molar-refractivity contribution < 1.29 is 13.8 Å². The molecule has 1 aliphatic heterocycles. The summed E-state index contributed by atoms with van der Waals surface area (Å²) in [5.41, 5.74) is 2.47. The molecule has 2 unspecified atom stereocenters. The number of carbonyl (C=O) groups is 1. The van der Waals surface area contributed by atoms with Crippen LogP contribution in [0.5, 0.6) is 0 Å². The summed E-state index contributed by atoms with van der Waals surface area (Å²) in [5, 5.41) is 11.0. The zero-order valence-corrected chi connectivity index (χ0v) is 14.1. The van der Waals surface area contributed by atoms with Crippen LogP contribution >= 0.6 is 35.3 Å². The van der Waals surface area contributed by atoms with Crippen LogP contribution in [0, 0.1) is 11.3 Å². The molecular weight excluding hydrogens is 342 g/mol.